The summed E-state index contributed by atoms with van der Waals surface area (Å²) in [5.74, 6) is 1.79. The van der Waals surface area contributed by atoms with E-state index in [0.717, 1.165) is 50.9 Å². The van der Waals surface area contributed by atoms with Gasteiger partial charge in [0.25, 0.3) is 0 Å². The quantitative estimate of drug-likeness (QED) is 0.748. The third kappa shape index (κ3) is 5.38. The van der Waals surface area contributed by atoms with Crippen LogP contribution in [0.1, 0.15) is 50.4 Å². The molecule has 2 atom stereocenters. The number of nitrogens with zero attached hydrogens (tertiary/aromatic N) is 3. The number of likely N-dealkylation sites (tertiary alicyclic amines) is 1. The molecule has 1 aliphatic carbocycles. The van der Waals surface area contributed by atoms with Crippen LogP contribution in [0.2, 0.25) is 0 Å². The van der Waals surface area contributed by atoms with Gasteiger partial charge < -0.3 is 10.1 Å². The lowest BCUT2D eigenvalue weighted by atomic mass is 9.84. The molecular weight excluding hydrogens is 352 g/mol. The molecule has 1 aromatic heterocycles. The van der Waals surface area contributed by atoms with Gasteiger partial charge in [0.15, 0.2) is 5.82 Å². The summed E-state index contributed by atoms with van der Waals surface area (Å²) >= 11 is 0. The van der Waals surface area contributed by atoms with Crippen LogP contribution >= 0.6 is 12.4 Å². The minimum absolute atomic E-state index is 0. The minimum atomic E-state index is 0. The van der Waals surface area contributed by atoms with E-state index in [0.29, 0.717) is 18.3 Å². The monoisotopic (exact) mass is 382 g/mol. The Hall–Kier alpha value is -1.24. The molecule has 2 heterocycles. The summed E-state index contributed by atoms with van der Waals surface area (Å²) < 4.78 is 5.05. The number of hydrogen-bond acceptors (Lipinski definition) is 5. The van der Waals surface area contributed by atoms with Crippen molar-refractivity contribution in [2.45, 2.75) is 58.2 Å². The van der Waals surface area contributed by atoms with Gasteiger partial charge in [-0.1, -0.05) is 19.8 Å². The van der Waals surface area contributed by atoms with Crippen molar-refractivity contribution < 1.29 is 9.53 Å². The SMILES string of the molecule is CCC[C@H]1CN(Cc2cnc(COC)nc2)C[C@@H]1NC(=O)C1CCC1.Cl. The Balaban J connectivity index is 0.00000243. The maximum absolute atomic E-state index is 12.3. The molecule has 1 amide bonds. The number of carbonyl (C=O) groups is 1. The van der Waals surface area contributed by atoms with Crippen molar-refractivity contribution in [1.29, 1.82) is 0 Å². The van der Waals surface area contributed by atoms with Crippen molar-refractivity contribution in [1.82, 2.24) is 20.2 Å². The predicted molar refractivity (Wildman–Crippen MR) is 103 cm³/mol. The molecule has 146 valence electrons. The average Bonchev–Trinajstić information content (AvgIpc) is 2.89. The highest BCUT2D eigenvalue weighted by Gasteiger charge is 2.35. The summed E-state index contributed by atoms with van der Waals surface area (Å²) in [5.41, 5.74) is 1.11. The largest absolute Gasteiger partial charge is 0.377 e. The van der Waals surface area contributed by atoms with Crippen LogP contribution in [0.3, 0.4) is 0 Å². The van der Waals surface area contributed by atoms with Crippen LogP contribution in [-0.4, -0.2) is 47.0 Å². The molecule has 0 spiro atoms. The first-order valence-corrected chi connectivity index (χ1v) is 9.51. The average molecular weight is 383 g/mol. The minimum Gasteiger partial charge on any atom is -0.377 e. The lowest BCUT2D eigenvalue weighted by molar-refractivity contribution is -0.128. The zero-order valence-electron chi connectivity index (χ0n) is 15.8. The van der Waals surface area contributed by atoms with Gasteiger partial charge in [0.05, 0.1) is 0 Å². The van der Waals surface area contributed by atoms with E-state index in [1.807, 2.05) is 12.4 Å². The molecule has 1 aromatic rings. The Morgan fingerprint density at radius 3 is 2.62 bits per heavy atom. The van der Waals surface area contributed by atoms with Crippen molar-refractivity contribution in [3.8, 4) is 0 Å². The second kappa shape index (κ2) is 10.2. The maximum atomic E-state index is 12.3. The third-order valence-corrected chi connectivity index (χ3v) is 5.42. The number of methoxy groups -OCH3 is 1. The van der Waals surface area contributed by atoms with Gasteiger partial charge in [-0.2, -0.15) is 0 Å². The molecule has 1 aliphatic heterocycles. The van der Waals surface area contributed by atoms with E-state index in [1.165, 1.54) is 6.42 Å². The molecule has 1 N–H and O–H groups in total. The van der Waals surface area contributed by atoms with Crippen LogP contribution in [0.25, 0.3) is 0 Å². The number of halogens is 1. The highest BCUT2D eigenvalue weighted by molar-refractivity contribution is 5.85. The molecule has 26 heavy (non-hydrogen) atoms. The molecule has 0 aromatic carbocycles. The Labute approximate surface area is 162 Å². The van der Waals surface area contributed by atoms with Crippen molar-refractivity contribution in [2.75, 3.05) is 20.2 Å². The summed E-state index contributed by atoms with van der Waals surface area (Å²) in [4.78, 5) is 23.4. The van der Waals surface area contributed by atoms with E-state index in [2.05, 4.69) is 27.1 Å². The van der Waals surface area contributed by atoms with Crippen LogP contribution in [0.4, 0.5) is 0 Å². The summed E-state index contributed by atoms with van der Waals surface area (Å²) in [6.07, 6.45) is 9.41. The number of rotatable bonds is 8. The molecule has 0 radical (unpaired) electrons. The van der Waals surface area contributed by atoms with Gasteiger partial charge in [-0.25, -0.2) is 9.97 Å². The van der Waals surface area contributed by atoms with Crippen LogP contribution in [-0.2, 0) is 22.7 Å². The van der Waals surface area contributed by atoms with Crippen molar-refractivity contribution in [2.24, 2.45) is 11.8 Å². The van der Waals surface area contributed by atoms with Gasteiger partial charge in [-0.15, -0.1) is 12.4 Å². The molecular formula is C19H31ClN4O2. The highest BCUT2D eigenvalue weighted by Crippen LogP contribution is 2.28. The molecule has 3 rings (SSSR count). The van der Waals surface area contributed by atoms with Gasteiger partial charge in [0.2, 0.25) is 5.91 Å². The summed E-state index contributed by atoms with van der Waals surface area (Å²) in [6, 6.07) is 0.279. The molecule has 7 heteroatoms. The lowest BCUT2D eigenvalue weighted by Crippen LogP contribution is -2.45. The van der Waals surface area contributed by atoms with Crippen LogP contribution in [0.15, 0.2) is 12.4 Å². The Morgan fingerprint density at radius 2 is 2.04 bits per heavy atom. The fraction of sp³-hybridized carbons (Fsp3) is 0.737. The first kappa shape index (κ1) is 21.1. The number of amides is 1. The maximum Gasteiger partial charge on any atom is 0.223 e. The molecule has 2 fully saturated rings. The number of aromatic nitrogens is 2. The molecule has 0 unspecified atom stereocenters. The van der Waals surface area contributed by atoms with Gasteiger partial charge >= 0.3 is 0 Å². The molecule has 0 bridgehead atoms. The Morgan fingerprint density at radius 1 is 1.31 bits per heavy atom. The first-order valence-electron chi connectivity index (χ1n) is 9.51. The van der Waals surface area contributed by atoms with Crippen LogP contribution in [0, 0.1) is 11.8 Å². The second-order valence-electron chi connectivity index (χ2n) is 7.43. The van der Waals surface area contributed by atoms with Crippen molar-refractivity contribution in [3.63, 3.8) is 0 Å². The molecule has 6 nitrogen and oxygen atoms in total. The molecule has 1 saturated heterocycles. The smallest absolute Gasteiger partial charge is 0.223 e. The van der Waals surface area contributed by atoms with E-state index in [9.17, 15) is 4.79 Å². The standard InChI is InChI=1S/C19H30N4O2.ClH/c1-3-5-16-11-23(10-14-8-20-18(13-25-2)21-9-14)12-17(16)22-19(24)15-6-4-7-15;/h8-9,15-17H,3-7,10-13H2,1-2H3,(H,22,24);1H/t16-,17-;/m0./s1. The zero-order chi connectivity index (χ0) is 17.6. The number of hydrogen-bond donors (Lipinski definition) is 1. The summed E-state index contributed by atoms with van der Waals surface area (Å²) in [6.45, 7) is 5.45. The van der Waals surface area contributed by atoms with Crippen molar-refractivity contribution in [3.05, 3.63) is 23.8 Å². The van der Waals surface area contributed by atoms with E-state index < -0.39 is 0 Å². The lowest BCUT2D eigenvalue weighted by Gasteiger charge is -2.27. The molecule has 2 aliphatic rings. The van der Waals surface area contributed by atoms with E-state index in [-0.39, 0.29) is 30.3 Å². The van der Waals surface area contributed by atoms with E-state index in [1.54, 1.807) is 7.11 Å². The van der Waals surface area contributed by atoms with Crippen LogP contribution in [0.5, 0.6) is 0 Å². The topological polar surface area (TPSA) is 67.3 Å². The fourth-order valence-corrected chi connectivity index (χ4v) is 3.81. The fourth-order valence-electron chi connectivity index (χ4n) is 3.81. The van der Waals surface area contributed by atoms with E-state index >= 15 is 0 Å². The normalized spacial score (nSPS) is 23.3. The summed E-state index contributed by atoms with van der Waals surface area (Å²) in [7, 11) is 1.65. The van der Waals surface area contributed by atoms with E-state index in [4.69, 9.17) is 4.74 Å². The Kier molecular flexibility index (Phi) is 8.25. The third-order valence-electron chi connectivity index (χ3n) is 5.42. The predicted octanol–water partition coefficient (Wildman–Crippen LogP) is 2.56. The highest BCUT2D eigenvalue weighted by atomic mass is 35.5. The number of carbonyl (C=O) groups excluding carboxylic acids is 1. The first-order chi connectivity index (χ1) is 12.2. The van der Waals surface area contributed by atoms with Gasteiger partial charge in [-0.3, -0.25) is 9.69 Å². The number of nitrogens with one attached hydrogen (secondary N) is 1. The Bertz CT molecular complexity index is 565. The second-order valence-corrected chi connectivity index (χ2v) is 7.43. The van der Waals surface area contributed by atoms with Gasteiger partial charge in [0, 0.05) is 56.7 Å². The molecule has 1 saturated carbocycles. The zero-order valence-corrected chi connectivity index (χ0v) is 16.6. The van der Waals surface area contributed by atoms with Crippen molar-refractivity contribution >= 4 is 18.3 Å². The van der Waals surface area contributed by atoms with Gasteiger partial charge in [0.1, 0.15) is 6.61 Å². The summed E-state index contributed by atoms with van der Waals surface area (Å²) in [5, 5.41) is 3.33. The van der Waals surface area contributed by atoms with Crippen LogP contribution < -0.4 is 5.32 Å². The van der Waals surface area contributed by atoms with Gasteiger partial charge in [-0.05, 0) is 25.2 Å². The number of ether oxygens (including phenoxy) is 1.